The zero-order chi connectivity index (χ0) is 55.0. The Morgan fingerprint density at radius 3 is 1.55 bits per heavy atom. The van der Waals surface area contributed by atoms with E-state index in [0.29, 0.717) is 0 Å². The lowest BCUT2D eigenvalue weighted by Gasteiger charge is -2.45. The highest BCUT2D eigenvalue weighted by molar-refractivity contribution is 7.21. The lowest BCUT2D eigenvalue weighted by Crippen LogP contribution is -2.77. The molecular weight excluding hydrogens is 1040 g/mol. The maximum atomic E-state index is 7.41. The van der Waals surface area contributed by atoms with E-state index >= 15 is 0 Å². The summed E-state index contributed by atoms with van der Waals surface area (Å²) in [5.41, 5.74) is 13.9. The molecule has 0 fully saturated rings. The summed E-state index contributed by atoms with van der Waals surface area (Å²) >= 11 is 0. The summed E-state index contributed by atoms with van der Waals surface area (Å²) in [7, 11) is -3.39. The summed E-state index contributed by atoms with van der Waals surface area (Å²) in [6.45, 7) is 0. The van der Waals surface area contributed by atoms with Crippen LogP contribution in [-0.2, 0) is 0 Å². The van der Waals surface area contributed by atoms with Crippen molar-refractivity contribution in [1.29, 1.82) is 0 Å². The van der Waals surface area contributed by atoms with Gasteiger partial charge in [-0.15, -0.1) is 0 Å². The normalized spacial score (nSPS) is 13.1. The van der Waals surface area contributed by atoms with Gasteiger partial charge in [0.05, 0.1) is 5.69 Å². The smallest absolute Gasteiger partial charge is 0.184 e. The molecule has 392 valence electrons. The van der Waals surface area contributed by atoms with Gasteiger partial charge in [-0.05, 0) is 144 Å². The molecule has 0 bridgehead atoms. The number of rotatable bonds is 7. The highest BCUT2D eigenvalue weighted by Gasteiger charge is 2.50. The van der Waals surface area contributed by atoms with Gasteiger partial charge >= 0.3 is 0 Å². The topological polar surface area (TPSA) is 45.9 Å². The molecule has 1 aliphatic heterocycles. The SMILES string of the molecule is c1ccc(N2c3ccccc3[Si](c3ccc4c(c3)oc3ccccc34)(c3ccc4c(c3)oc3ccccc34)c3cc4oc5cc(N(c6ccc(-c7cccc8ccccc78)cc6)c6cc7ccccc7c7ccccc67)ccc5c4cc32)cc1. The second kappa shape index (κ2) is 18.0. The third kappa shape index (κ3) is 6.83. The van der Waals surface area contributed by atoms with Crippen LogP contribution in [0.3, 0.4) is 0 Å². The van der Waals surface area contributed by atoms with Crippen LogP contribution in [0.4, 0.5) is 34.1 Å². The number of benzene rings is 14. The van der Waals surface area contributed by atoms with E-state index in [-0.39, 0.29) is 0 Å². The Balaban J connectivity index is 0.895. The summed E-state index contributed by atoms with van der Waals surface area (Å²) in [6.07, 6.45) is 0. The van der Waals surface area contributed by atoms with Crippen LogP contribution in [0.1, 0.15) is 0 Å². The van der Waals surface area contributed by atoms with Crippen LogP contribution < -0.4 is 30.5 Å². The predicted octanol–water partition coefficient (Wildman–Crippen LogP) is 19.1. The average Bonchev–Trinajstić information content (AvgIpc) is 1.22. The van der Waals surface area contributed by atoms with Gasteiger partial charge in [-0.3, -0.25) is 0 Å². The number of hydrogen-bond acceptors (Lipinski definition) is 5. The molecule has 0 spiro atoms. The third-order valence-corrected chi connectivity index (χ3v) is 22.7. The Hall–Kier alpha value is -10.9. The molecule has 0 aliphatic carbocycles. The second-order valence-electron chi connectivity index (χ2n) is 22.3. The first kappa shape index (κ1) is 46.8. The Kier molecular flexibility index (Phi) is 10.0. The molecule has 0 unspecified atom stereocenters. The van der Waals surface area contributed by atoms with E-state index in [9.17, 15) is 0 Å². The number of fused-ring (bicyclic) bond motifs is 15. The van der Waals surface area contributed by atoms with Gasteiger partial charge in [-0.1, -0.05) is 200 Å². The Morgan fingerprint density at radius 2 is 0.810 bits per heavy atom. The van der Waals surface area contributed by atoms with Crippen LogP contribution in [0.2, 0.25) is 0 Å². The number of anilines is 6. The molecule has 0 atom stereocenters. The van der Waals surface area contributed by atoms with Gasteiger partial charge in [0.2, 0.25) is 0 Å². The highest BCUT2D eigenvalue weighted by atomic mass is 28.3. The molecule has 17 aromatic rings. The molecule has 0 amide bonds. The van der Waals surface area contributed by atoms with Crippen molar-refractivity contribution in [2.45, 2.75) is 0 Å². The molecule has 3 aromatic heterocycles. The van der Waals surface area contributed by atoms with Crippen molar-refractivity contribution in [3.05, 3.63) is 291 Å². The van der Waals surface area contributed by atoms with Gasteiger partial charge in [0.25, 0.3) is 0 Å². The maximum absolute atomic E-state index is 7.41. The summed E-state index contributed by atoms with van der Waals surface area (Å²) in [4.78, 5) is 4.88. The zero-order valence-electron chi connectivity index (χ0n) is 45.3. The van der Waals surface area contributed by atoms with E-state index in [0.717, 1.165) is 111 Å². The minimum atomic E-state index is -3.39. The lowest BCUT2D eigenvalue weighted by atomic mass is 9.97. The largest absolute Gasteiger partial charge is 0.456 e. The molecule has 5 nitrogen and oxygen atoms in total. The molecule has 0 radical (unpaired) electrons. The molecule has 0 N–H and O–H groups in total. The Morgan fingerprint density at radius 1 is 0.286 bits per heavy atom. The fourth-order valence-electron chi connectivity index (χ4n) is 14.2. The minimum Gasteiger partial charge on any atom is -0.456 e. The molecule has 6 heteroatoms. The molecule has 0 saturated carbocycles. The van der Waals surface area contributed by atoms with E-state index in [2.05, 4.69) is 289 Å². The maximum Gasteiger partial charge on any atom is 0.184 e. The lowest BCUT2D eigenvalue weighted by molar-refractivity contribution is 0.669. The van der Waals surface area contributed by atoms with Crippen molar-refractivity contribution >= 4 is 161 Å². The number of furan rings is 3. The average molecular weight is 1090 g/mol. The van der Waals surface area contributed by atoms with Crippen molar-refractivity contribution in [2.75, 3.05) is 9.80 Å². The van der Waals surface area contributed by atoms with E-state index in [4.69, 9.17) is 13.3 Å². The van der Waals surface area contributed by atoms with Crippen LogP contribution in [0.5, 0.6) is 0 Å². The van der Waals surface area contributed by atoms with Gasteiger partial charge in [0, 0.05) is 72.2 Å². The van der Waals surface area contributed by atoms with Crippen molar-refractivity contribution < 1.29 is 13.3 Å². The minimum absolute atomic E-state index is 0.802. The quantitative estimate of drug-likeness (QED) is 0.118. The number of para-hydroxylation sites is 4. The highest BCUT2D eigenvalue weighted by Crippen LogP contribution is 2.47. The standard InChI is InChI=1S/C78H48N2O3Si/c1-2-20-52(21-3-1)80-68-29-12-15-32-77(68)84(55-38-41-64-62-26-10-13-30-71(62)81-74(64)45-55,56-39-42-65-63-27-11-14-31-72(63)82-75(65)46-56)78-48-76-67(47-70(78)80)66-40-37-54(44-73(66)83-76)79(69-43-51-18-5-7-23-59(51)60-24-8-9-25-61(60)69)53-35-33-50(34-36-53)58-28-16-19-49-17-4-6-22-57(49)58/h1-48H. The first-order valence-electron chi connectivity index (χ1n) is 28.7. The van der Waals surface area contributed by atoms with Crippen molar-refractivity contribution in [3.8, 4) is 11.1 Å². The Bertz CT molecular complexity index is 5420. The van der Waals surface area contributed by atoms with Crippen LogP contribution >= 0.6 is 0 Å². The summed E-state index contributed by atoms with van der Waals surface area (Å²) in [5, 5.41) is 18.6. The summed E-state index contributed by atoms with van der Waals surface area (Å²) < 4.78 is 21.0. The fourth-order valence-corrected chi connectivity index (χ4v) is 19.2. The predicted molar refractivity (Wildman–Crippen MR) is 353 cm³/mol. The monoisotopic (exact) mass is 1090 g/mol. The molecule has 4 heterocycles. The van der Waals surface area contributed by atoms with Gasteiger partial charge in [0.15, 0.2) is 8.07 Å². The zero-order valence-corrected chi connectivity index (χ0v) is 46.3. The first-order valence-corrected chi connectivity index (χ1v) is 30.7. The molecule has 0 saturated heterocycles. The molecule has 84 heavy (non-hydrogen) atoms. The molecular formula is C78H48N2O3Si. The third-order valence-electron chi connectivity index (χ3n) is 17.9. The second-order valence-corrected chi connectivity index (χ2v) is 26.0. The fraction of sp³-hybridized carbons (Fsp3) is 0. The Labute approximate surface area is 483 Å². The van der Waals surface area contributed by atoms with Crippen LogP contribution in [-0.4, -0.2) is 8.07 Å². The van der Waals surface area contributed by atoms with E-state index in [1.54, 1.807) is 0 Å². The van der Waals surface area contributed by atoms with Gasteiger partial charge in [0.1, 0.15) is 33.5 Å². The molecule has 18 rings (SSSR count). The van der Waals surface area contributed by atoms with Crippen molar-refractivity contribution in [3.63, 3.8) is 0 Å². The van der Waals surface area contributed by atoms with Gasteiger partial charge < -0.3 is 23.1 Å². The van der Waals surface area contributed by atoms with E-state index in [1.165, 1.54) is 53.2 Å². The first-order chi connectivity index (χ1) is 41.6. The van der Waals surface area contributed by atoms with E-state index in [1.807, 2.05) is 12.1 Å². The van der Waals surface area contributed by atoms with Gasteiger partial charge in [-0.25, -0.2) is 0 Å². The van der Waals surface area contributed by atoms with Crippen LogP contribution in [0, 0.1) is 0 Å². The van der Waals surface area contributed by atoms with Crippen LogP contribution in [0.15, 0.2) is 304 Å². The van der Waals surface area contributed by atoms with Crippen molar-refractivity contribution in [1.82, 2.24) is 0 Å². The molecule has 1 aliphatic rings. The number of hydrogen-bond donors (Lipinski definition) is 0. The summed E-state index contributed by atoms with van der Waals surface area (Å²) in [5.74, 6) is 0. The van der Waals surface area contributed by atoms with Crippen molar-refractivity contribution in [2.24, 2.45) is 0 Å². The van der Waals surface area contributed by atoms with E-state index < -0.39 is 8.07 Å². The summed E-state index contributed by atoms with van der Waals surface area (Å²) in [6, 6.07) is 106. The molecule has 14 aromatic carbocycles. The van der Waals surface area contributed by atoms with Gasteiger partial charge in [-0.2, -0.15) is 0 Å². The van der Waals surface area contributed by atoms with Crippen LogP contribution in [0.25, 0.3) is 109 Å². The number of nitrogens with zero attached hydrogens (tertiary/aromatic N) is 2.